The molecule has 138 valence electrons. The van der Waals surface area contributed by atoms with E-state index in [1.54, 1.807) is 31.2 Å². The van der Waals surface area contributed by atoms with Gasteiger partial charge >= 0.3 is 5.97 Å². The molecule has 0 saturated carbocycles. The van der Waals surface area contributed by atoms with Gasteiger partial charge in [0.05, 0.1) is 5.56 Å². The highest BCUT2D eigenvalue weighted by Gasteiger charge is 2.22. The molecule has 2 aromatic rings. The van der Waals surface area contributed by atoms with E-state index < -0.39 is 23.7 Å². The molecule has 0 bridgehead atoms. The molecule has 2 aromatic carbocycles. The van der Waals surface area contributed by atoms with Crippen LogP contribution in [0.2, 0.25) is 5.02 Å². The van der Waals surface area contributed by atoms with Gasteiger partial charge in [-0.3, -0.25) is 4.79 Å². The molecule has 4 nitrogen and oxygen atoms in total. The minimum atomic E-state index is -2.67. The van der Waals surface area contributed by atoms with Crippen LogP contribution in [0.3, 0.4) is 0 Å². The lowest BCUT2D eigenvalue weighted by Gasteiger charge is -2.16. The minimum absolute atomic E-state index is 0.0172. The highest BCUT2D eigenvalue weighted by molar-refractivity contribution is 7.99. The Kier molecular flexibility index (Phi) is 6.99. The number of carbonyl (C=O) groups is 2. The molecule has 0 aromatic heterocycles. The zero-order valence-corrected chi connectivity index (χ0v) is 15.5. The first-order valence-corrected chi connectivity index (χ1v) is 8.85. The van der Waals surface area contributed by atoms with E-state index in [-0.39, 0.29) is 22.2 Å². The molecule has 0 aliphatic rings. The summed E-state index contributed by atoms with van der Waals surface area (Å²) in [6.07, 6.45) is -1.12. The zero-order valence-electron chi connectivity index (χ0n) is 14.0. The van der Waals surface area contributed by atoms with E-state index >= 15 is 0 Å². The lowest BCUT2D eigenvalue weighted by Crippen LogP contribution is -2.30. The molecule has 1 amide bonds. The number of aryl methyl sites for hydroxylation is 1. The number of carbonyl (C=O) groups excluding carboxylic acids is 2. The Balaban J connectivity index is 2.07. The summed E-state index contributed by atoms with van der Waals surface area (Å²) in [5, 5.41) is 3.08. The molecule has 0 heterocycles. The van der Waals surface area contributed by atoms with Crippen LogP contribution in [0.5, 0.6) is 0 Å². The average molecular weight is 400 g/mol. The monoisotopic (exact) mass is 399 g/mol. The summed E-state index contributed by atoms with van der Waals surface area (Å²) >= 11 is 6.15. The Morgan fingerprint density at radius 1 is 1.19 bits per heavy atom. The van der Waals surface area contributed by atoms with E-state index in [9.17, 15) is 18.4 Å². The van der Waals surface area contributed by atoms with Gasteiger partial charge in [0.15, 0.2) is 6.10 Å². The summed E-state index contributed by atoms with van der Waals surface area (Å²) in [5.74, 6) is -4.07. The Labute approximate surface area is 158 Å². The van der Waals surface area contributed by atoms with Crippen molar-refractivity contribution in [1.82, 2.24) is 0 Å². The number of hydrogen-bond donors (Lipinski definition) is 1. The molecule has 8 heteroatoms. The van der Waals surface area contributed by atoms with Gasteiger partial charge in [0.25, 0.3) is 11.7 Å². The zero-order chi connectivity index (χ0) is 19.3. The summed E-state index contributed by atoms with van der Waals surface area (Å²) in [6, 6.07) is 10.9. The lowest BCUT2D eigenvalue weighted by molar-refractivity contribution is -0.123. The molecule has 0 spiro atoms. The number of rotatable bonds is 6. The third-order valence-electron chi connectivity index (χ3n) is 3.43. The average Bonchev–Trinajstić information content (AvgIpc) is 2.57. The van der Waals surface area contributed by atoms with Gasteiger partial charge in [-0.15, -0.1) is 0 Å². The number of thioether (sulfide) groups is 1. The van der Waals surface area contributed by atoms with Crippen LogP contribution < -0.4 is 5.32 Å². The van der Waals surface area contributed by atoms with E-state index in [4.69, 9.17) is 16.3 Å². The Bertz CT molecular complexity index is 817. The highest BCUT2D eigenvalue weighted by atomic mass is 35.5. The molecule has 26 heavy (non-hydrogen) atoms. The van der Waals surface area contributed by atoms with Gasteiger partial charge in [-0.25, -0.2) is 4.79 Å². The van der Waals surface area contributed by atoms with Gasteiger partial charge in [-0.05, 0) is 43.7 Å². The minimum Gasteiger partial charge on any atom is -0.449 e. The van der Waals surface area contributed by atoms with Gasteiger partial charge < -0.3 is 10.1 Å². The van der Waals surface area contributed by atoms with Crippen molar-refractivity contribution in [2.24, 2.45) is 0 Å². The lowest BCUT2D eigenvalue weighted by atomic mass is 10.2. The van der Waals surface area contributed by atoms with Crippen molar-refractivity contribution in [3.05, 3.63) is 58.6 Å². The number of esters is 1. The molecule has 1 N–H and O–H groups in total. The fourth-order valence-electron chi connectivity index (χ4n) is 2.07. The normalized spacial score (nSPS) is 11.9. The van der Waals surface area contributed by atoms with Crippen molar-refractivity contribution in [3.8, 4) is 0 Å². The fourth-order valence-corrected chi connectivity index (χ4v) is 2.87. The van der Waals surface area contributed by atoms with Crippen molar-refractivity contribution in [2.45, 2.75) is 30.6 Å². The number of anilines is 1. The van der Waals surface area contributed by atoms with Crippen LogP contribution >= 0.6 is 23.4 Å². The first-order valence-electron chi connectivity index (χ1n) is 7.59. The van der Waals surface area contributed by atoms with Crippen molar-refractivity contribution in [1.29, 1.82) is 0 Å². The third-order valence-corrected chi connectivity index (χ3v) is 4.46. The maximum Gasteiger partial charge on any atom is 0.340 e. The van der Waals surface area contributed by atoms with Gasteiger partial charge in [-0.1, -0.05) is 41.6 Å². The summed E-state index contributed by atoms with van der Waals surface area (Å²) in [5.41, 5.74) is 1.27. The number of nitrogens with one attached hydrogen (secondary N) is 1. The number of ether oxygens (including phenoxy) is 1. The molecule has 0 aliphatic heterocycles. The summed E-state index contributed by atoms with van der Waals surface area (Å²) in [7, 11) is 0. The highest BCUT2D eigenvalue weighted by Crippen LogP contribution is 2.29. The Morgan fingerprint density at radius 2 is 1.88 bits per heavy atom. The van der Waals surface area contributed by atoms with Crippen LogP contribution in [0.25, 0.3) is 0 Å². The number of hydrogen-bond acceptors (Lipinski definition) is 4. The SMILES string of the molecule is Cc1ccc(Cl)cc1NC(=O)[C@H](C)OC(=O)c1ccccc1SC(F)F. The predicted octanol–water partition coefficient (Wildman–Crippen LogP) is 5.15. The van der Waals surface area contributed by atoms with Crippen LogP contribution in [-0.2, 0) is 9.53 Å². The third kappa shape index (κ3) is 5.44. The molecular weight excluding hydrogens is 384 g/mol. The van der Waals surface area contributed by atoms with Crippen molar-refractivity contribution in [2.75, 3.05) is 5.32 Å². The fraction of sp³-hybridized carbons (Fsp3) is 0.222. The maximum absolute atomic E-state index is 12.6. The number of benzene rings is 2. The molecular formula is C18H16ClF2NO3S. The van der Waals surface area contributed by atoms with E-state index in [1.165, 1.54) is 25.1 Å². The predicted molar refractivity (Wildman–Crippen MR) is 98.0 cm³/mol. The molecule has 0 aliphatic carbocycles. The quantitative estimate of drug-likeness (QED) is 0.539. The topological polar surface area (TPSA) is 55.4 Å². The molecule has 0 radical (unpaired) electrons. The van der Waals surface area contributed by atoms with E-state index in [1.807, 2.05) is 0 Å². The summed E-state index contributed by atoms with van der Waals surface area (Å²) in [4.78, 5) is 24.6. The van der Waals surface area contributed by atoms with Crippen molar-refractivity contribution in [3.63, 3.8) is 0 Å². The standard InChI is InChI=1S/C18H16ClF2NO3S/c1-10-7-8-12(19)9-14(10)22-16(23)11(2)25-17(24)13-5-3-4-6-15(13)26-18(20)21/h3-9,11,18H,1-2H3,(H,22,23)/t11-/m0/s1. The first kappa shape index (κ1) is 20.2. The van der Waals surface area contributed by atoms with Crippen LogP contribution in [0.4, 0.5) is 14.5 Å². The van der Waals surface area contributed by atoms with Crippen LogP contribution in [0, 0.1) is 6.92 Å². The van der Waals surface area contributed by atoms with E-state index in [0.717, 1.165) is 5.56 Å². The Morgan fingerprint density at radius 3 is 2.58 bits per heavy atom. The Hall–Kier alpha value is -2.12. The number of alkyl halides is 2. The van der Waals surface area contributed by atoms with E-state index in [2.05, 4.69) is 5.32 Å². The summed E-state index contributed by atoms with van der Waals surface area (Å²) in [6.45, 7) is 3.19. The van der Waals surface area contributed by atoms with Gasteiger partial charge in [-0.2, -0.15) is 8.78 Å². The van der Waals surface area contributed by atoms with Crippen LogP contribution in [-0.4, -0.2) is 23.7 Å². The second-order valence-corrected chi connectivity index (χ2v) is 6.84. The van der Waals surface area contributed by atoms with Gasteiger partial charge in [0, 0.05) is 15.6 Å². The molecule has 0 unspecified atom stereocenters. The largest absolute Gasteiger partial charge is 0.449 e. The van der Waals surface area contributed by atoms with Crippen molar-refractivity contribution < 1.29 is 23.1 Å². The van der Waals surface area contributed by atoms with E-state index in [0.29, 0.717) is 10.7 Å². The molecule has 0 saturated heterocycles. The van der Waals surface area contributed by atoms with Crippen LogP contribution in [0.15, 0.2) is 47.4 Å². The maximum atomic E-state index is 12.6. The molecule has 2 rings (SSSR count). The second kappa shape index (κ2) is 9.00. The first-order chi connectivity index (χ1) is 12.3. The number of halogens is 3. The molecule has 1 atom stereocenters. The summed E-state index contributed by atoms with van der Waals surface area (Å²) < 4.78 is 30.3. The van der Waals surface area contributed by atoms with Gasteiger partial charge in [0.1, 0.15) is 0 Å². The smallest absolute Gasteiger partial charge is 0.340 e. The second-order valence-electron chi connectivity index (χ2n) is 5.37. The number of amides is 1. The van der Waals surface area contributed by atoms with Crippen LogP contribution in [0.1, 0.15) is 22.8 Å². The van der Waals surface area contributed by atoms with Crippen molar-refractivity contribution >= 4 is 40.9 Å². The van der Waals surface area contributed by atoms with Gasteiger partial charge in [0.2, 0.25) is 0 Å². The molecule has 0 fully saturated rings.